The van der Waals surface area contributed by atoms with Crippen LogP contribution in [0.3, 0.4) is 0 Å². The Bertz CT molecular complexity index is 473. The fraction of sp³-hybridized carbons (Fsp3) is 0.500. The average molecular weight is 313 g/mol. The van der Waals surface area contributed by atoms with Crippen LogP contribution < -0.4 is 4.74 Å². The molecule has 0 aliphatic carbocycles. The SMILES string of the molecule is COc1[c]cc(Cl)c(Cl)c1C1CN(CC(F)(F)F)C1. The molecule has 7 heteroatoms. The quantitative estimate of drug-likeness (QED) is 0.842. The molecule has 0 atom stereocenters. The summed E-state index contributed by atoms with van der Waals surface area (Å²) >= 11 is 12.0. The van der Waals surface area contributed by atoms with E-state index in [0.717, 1.165) is 0 Å². The lowest BCUT2D eigenvalue weighted by Gasteiger charge is -2.40. The van der Waals surface area contributed by atoms with Gasteiger partial charge >= 0.3 is 6.18 Å². The molecular formula is C12H11Cl2F3NO. The van der Waals surface area contributed by atoms with E-state index in [4.69, 9.17) is 27.9 Å². The third kappa shape index (κ3) is 3.27. The first kappa shape index (κ1) is 14.8. The molecule has 1 aliphatic rings. The van der Waals surface area contributed by atoms with Gasteiger partial charge in [0.15, 0.2) is 0 Å². The van der Waals surface area contributed by atoms with Crippen LogP contribution in [0.1, 0.15) is 11.5 Å². The predicted octanol–water partition coefficient (Wildman–Crippen LogP) is 3.76. The van der Waals surface area contributed by atoms with E-state index in [9.17, 15) is 13.2 Å². The van der Waals surface area contributed by atoms with Gasteiger partial charge in [-0.15, -0.1) is 0 Å². The third-order valence-electron chi connectivity index (χ3n) is 2.99. The zero-order chi connectivity index (χ0) is 14.2. The highest BCUT2D eigenvalue weighted by atomic mass is 35.5. The van der Waals surface area contributed by atoms with Crippen molar-refractivity contribution in [3.8, 4) is 5.75 Å². The van der Waals surface area contributed by atoms with Crippen LogP contribution in [-0.2, 0) is 0 Å². The first-order valence-electron chi connectivity index (χ1n) is 5.54. The van der Waals surface area contributed by atoms with E-state index in [1.807, 2.05) is 0 Å². The second kappa shape index (κ2) is 5.38. The van der Waals surface area contributed by atoms with Crippen LogP contribution in [0.25, 0.3) is 0 Å². The number of alkyl halides is 3. The minimum Gasteiger partial charge on any atom is -0.496 e. The van der Waals surface area contributed by atoms with Gasteiger partial charge in [0.25, 0.3) is 0 Å². The predicted molar refractivity (Wildman–Crippen MR) is 67.1 cm³/mol. The van der Waals surface area contributed by atoms with Crippen molar-refractivity contribution in [3.05, 3.63) is 27.7 Å². The van der Waals surface area contributed by atoms with Crippen LogP contribution in [0.5, 0.6) is 5.75 Å². The van der Waals surface area contributed by atoms with E-state index in [1.54, 1.807) is 0 Å². The highest BCUT2D eigenvalue weighted by Crippen LogP contribution is 2.41. The third-order valence-corrected chi connectivity index (χ3v) is 3.80. The van der Waals surface area contributed by atoms with E-state index in [2.05, 4.69) is 6.07 Å². The van der Waals surface area contributed by atoms with Crippen molar-refractivity contribution in [1.29, 1.82) is 0 Å². The Morgan fingerprint density at radius 1 is 1.42 bits per heavy atom. The Kier molecular flexibility index (Phi) is 4.18. The molecule has 1 aromatic carbocycles. The lowest BCUT2D eigenvalue weighted by molar-refractivity contribution is -0.154. The monoisotopic (exact) mass is 312 g/mol. The fourth-order valence-electron chi connectivity index (χ4n) is 2.17. The first-order chi connectivity index (χ1) is 8.81. The normalized spacial score (nSPS) is 17.4. The molecule has 2 nitrogen and oxygen atoms in total. The van der Waals surface area contributed by atoms with E-state index in [0.29, 0.717) is 21.4 Å². The molecule has 2 rings (SSSR count). The van der Waals surface area contributed by atoms with Crippen molar-refractivity contribution < 1.29 is 17.9 Å². The molecule has 19 heavy (non-hydrogen) atoms. The molecule has 0 unspecified atom stereocenters. The second-order valence-electron chi connectivity index (χ2n) is 4.40. The Morgan fingerprint density at radius 2 is 2.05 bits per heavy atom. The molecular weight excluding hydrogens is 302 g/mol. The number of ether oxygens (including phenoxy) is 1. The number of methoxy groups -OCH3 is 1. The number of rotatable bonds is 3. The van der Waals surface area contributed by atoms with Gasteiger partial charge in [-0.3, -0.25) is 4.90 Å². The average Bonchev–Trinajstić information content (AvgIpc) is 2.26. The van der Waals surface area contributed by atoms with Gasteiger partial charge in [-0.25, -0.2) is 0 Å². The van der Waals surface area contributed by atoms with Crippen molar-refractivity contribution >= 4 is 23.2 Å². The van der Waals surface area contributed by atoms with Gasteiger partial charge in [-0.05, 0) is 6.07 Å². The fourth-order valence-corrected chi connectivity index (χ4v) is 2.62. The largest absolute Gasteiger partial charge is 0.496 e. The zero-order valence-corrected chi connectivity index (χ0v) is 11.5. The number of benzene rings is 1. The van der Waals surface area contributed by atoms with Gasteiger partial charge in [0.2, 0.25) is 0 Å². The van der Waals surface area contributed by atoms with Gasteiger partial charge in [0, 0.05) is 30.6 Å². The summed E-state index contributed by atoms with van der Waals surface area (Å²) in [5.41, 5.74) is 0.634. The highest BCUT2D eigenvalue weighted by molar-refractivity contribution is 6.42. The Morgan fingerprint density at radius 3 is 2.58 bits per heavy atom. The van der Waals surface area contributed by atoms with Gasteiger partial charge < -0.3 is 4.74 Å². The summed E-state index contributed by atoms with van der Waals surface area (Å²) in [6.07, 6.45) is -4.18. The maximum absolute atomic E-state index is 12.2. The van der Waals surface area contributed by atoms with Crippen LogP contribution in [0.2, 0.25) is 10.0 Å². The lowest BCUT2D eigenvalue weighted by Crippen LogP contribution is -2.49. The molecule has 1 fully saturated rings. The molecule has 1 radical (unpaired) electrons. The summed E-state index contributed by atoms with van der Waals surface area (Å²) in [7, 11) is 1.46. The Labute approximate surface area is 119 Å². The zero-order valence-electron chi connectivity index (χ0n) is 10.0. The Hall–Kier alpha value is -0.650. The molecule has 0 N–H and O–H groups in total. The number of nitrogens with zero attached hydrogens (tertiary/aromatic N) is 1. The van der Waals surface area contributed by atoms with Gasteiger partial charge in [-0.1, -0.05) is 23.2 Å². The highest BCUT2D eigenvalue weighted by Gasteiger charge is 2.39. The summed E-state index contributed by atoms with van der Waals surface area (Å²) in [5, 5.41) is 0.653. The van der Waals surface area contributed by atoms with Crippen molar-refractivity contribution in [2.45, 2.75) is 12.1 Å². The number of likely N-dealkylation sites (tertiary alicyclic amines) is 1. The second-order valence-corrected chi connectivity index (χ2v) is 5.19. The van der Waals surface area contributed by atoms with Crippen LogP contribution in [-0.4, -0.2) is 37.8 Å². The number of hydrogen-bond acceptors (Lipinski definition) is 2. The maximum Gasteiger partial charge on any atom is 0.401 e. The van der Waals surface area contributed by atoms with Crippen molar-refractivity contribution in [2.75, 3.05) is 26.7 Å². The summed E-state index contributed by atoms with van der Waals surface area (Å²) in [5.74, 6) is 0.325. The maximum atomic E-state index is 12.2. The summed E-state index contributed by atoms with van der Waals surface area (Å²) in [4.78, 5) is 1.31. The van der Waals surface area contributed by atoms with Crippen molar-refractivity contribution in [2.24, 2.45) is 0 Å². The molecule has 105 valence electrons. The molecule has 1 aromatic rings. The topological polar surface area (TPSA) is 12.5 Å². The van der Waals surface area contributed by atoms with Gasteiger partial charge in [-0.2, -0.15) is 13.2 Å². The summed E-state index contributed by atoms with van der Waals surface area (Å²) in [6, 6.07) is 4.31. The number of halogens is 5. The van der Waals surface area contributed by atoms with E-state index in [-0.39, 0.29) is 19.0 Å². The van der Waals surface area contributed by atoms with E-state index >= 15 is 0 Å². The van der Waals surface area contributed by atoms with Gasteiger partial charge in [0.1, 0.15) is 5.75 Å². The standard InChI is InChI=1S/C12H11Cl2F3NO/c1-19-9-3-2-8(13)11(14)10(9)7-4-18(5-7)6-12(15,16)17/h2,7H,4-6H2,1H3. The van der Waals surface area contributed by atoms with E-state index < -0.39 is 12.7 Å². The smallest absolute Gasteiger partial charge is 0.401 e. The minimum atomic E-state index is -4.18. The Balaban J connectivity index is 2.11. The van der Waals surface area contributed by atoms with Crippen LogP contribution in [0.15, 0.2) is 6.07 Å². The first-order valence-corrected chi connectivity index (χ1v) is 6.30. The molecule has 1 heterocycles. The van der Waals surface area contributed by atoms with Crippen LogP contribution in [0.4, 0.5) is 13.2 Å². The van der Waals surface area contributed by atoms with Gasteiger partial charge in [0.05, 0.1) is 23.7 Å². The molecule has 0 amide bonds. The van der Waals surface area contributed by atoms with Crippen molar-refractivity contribution in [1.82, 2.24) is 4.90 Å². The summed E-state index contributed by atoms with van der Waals surface area (Å²) in [6.45, 7) is -0.346. The molecule has 1 aliphatic heterocycles. The number of hydrogen-bond donors (Lipinski definition) is 0. The van der Waals surface area contributed by atoms with Crippen LogP contribution >= 0.6 is 23.2 Å². The minimum absolute atomic E-state index is 0.111. The molecule has 1 saturated heterocycles. The molecule has 0 aromatic heterocycles. The summed E-state index contributed by atoms with van der Waals surface area (Å²) < 4.78 is 41.8. The molecule has 0 saturated carbocycles. The van der Waals surface area contributed by atoms with Crippen LogP contribution in [0, 0.1) is 6.07 Å². The van der Waals surface area contributed by atoms with E-state index in [1.165, 1.54) is 18.1 Å². The molecule has 0 bridgehead atoms. The molecule has 0 spiro atoms. The van der Waals surface area contributed by atoms with Crippen molar-refractivity contribution in [3.63, 3.8) is 0 Å². The lowest BCUT2D eigenvalue weighted by atomic mass is 9.90.